The van der Waals surface area contributed by atoms with Gasteiger partial charge < -0.3 is 13.3 Å². The van der Waals surface area contributed by atoms with E-state index in [0.29, 0.717) is 0 Å². The molecule has 0 fully saturated rings. The molecule has 0 aliphatic rings. The first-order valence-corrected chi connectivity index (χ1v) is 11.7. The summed E-state index contributed by atoms with van der Waals surface area (Å²) in [6, 6.07) is 0. The lowest BCUT2D eigenvalue weighted by Crippen LogP contribution is -2.30. The van der Waals surface area contributed by atoms with Gasteiger partial charge in [-0.05, 0) is 24.4 Å². The van der Waals surface area contributed by atoms with Crippen LogP contribution in [0.2, 0.25) is 24.4 Å². The van der Waals surface area contributed by atoms with E-state index in [2.05, 4.69) is 13.1 Å². The van der Waals surface area contributed by atoms with E-state index < -0.39 is 27.1 Å². The van der Waals surface area contributed by atoms with Crippen LogP contribution in [0.4, 0.5) is 0 Å². The highest BCUT2D eigenvalue weighted by Crippen LogP contribution is 2.07. The van der Waals surface area contributed by atoms with E-state index in [0.717, 1.165) is 0 Å². The molecule has 6 heteroatoms. The molecule has 13 heavy (non-hydrogen) atoms. The highest BCUT2D eigenvalue weighted by atomic mass is 28.4. The maximum atomic E-state index is 5.54. The largest absolute Gasteiger partial charge is 0.424 e. The molecule has 0 aliphatic carbocycles. The first kappa shape index (κ1) is 13.5. The number of hydrogen-bond acceptors (Lipinski definition) is 3. The lowest BCUT2D eigenvalue weighted by Gasteiger charge is -2.18. The molecule has 3 nitrogen and oxygen atoms in total. The molecule has 0 amide bonds. The standard InChI is InChI=1S/C7H22O3Si3/c1-8-11(4)6-13(10-3)7-12(5)9-2/h11-13H,6-7H2,1-5H3. The van der Waals surface area contributed by atoms with Gasteiger partial charge in [-0.2, -0.15) is 0 Å². The first-order valence-electron chi connectivity index (χ1n) is 4.72. The van der Waals surface area contributed by atoms with Crippen molar-refractivity contribution in [1.29, 1.82) is 0 Å². The quantitative estimate of drug-likeness (QED) is 0.602. The van der Waals surface area contributed by atoms with Crippen molar-refractivity contribution >= 4 is 27.1 Å². The van der Waals surface area contributed by atoms with Crippen LogP contribution in [0, 0.1) is 0 Å². The summed E-state index contributed by atoms with van der Waals surface area (Å²) in [5.74, 6) is 0. The first-order chi connectivity index (χ1) is 6.13. The van der Waals surface area contributed by atoms with Crippen molar-refractivity contribution < 1.29 is 13.3 Å². The SMILES string of the molecule is CO[SiH](C)C[SiH](C[SiH](C)OC)OC. The Morgan fingerprint density at radius 1 is 0.769 bits per heavy atom. The van der Waals surface area contributed by atoms with Crippen molar-refractivity contribution in [2.24, 2.45) is 0 Å². The number of hydrogen-bond donors (Lipinski definition) is 0. The third-order valence-electron chi connectivity index (χ3n) is 2.33. The molecule has 80 valence electrons. The van der Waals surface area contributed by atoms with Crippen LogP contribution in [0.25, 0.3) is 0 Å². The smallest absolute Gasteiger partial charge is 0.175 e. The summed E-state index contributed by atoms with van der Waals surface area (Å²) >= 11 is 0. The molecule has 0 bridgehead atoms. The predicted molar refractivity (Wildman–Crippen MR) is 63.8 cm³/mol. The van der Waals surface area contributed by atoms with Crippen molar-refractivity contribution in [2.75, 3.05) is 21.3 Å². The van der Waals surface area contributed by atoms with Crippen molar-refractivity contribution in [2.45, 2.75) is 24.4 Å². The molecule has 0 rings (SSSR count). The summed E-state index contributed by atoms with van der Waals surface area (Å²) in [6.07, 6.45) is 0. The second-order valence-electron chi connectivity index (χ2n) is 3.42. The van der Waals surface area contributed by atoms with Gasteiger partial charge in [0.05, 0.1) is 0 Å². The molecule has 2 atom stereocenters. The van der Waals surface area contributed by atoms with Crippen LogP contribution in [0.3, 0.4) is 0 Å². The van der Waals surface area contributed by atoms with Crippen LogP contribution in [0.15, 0.2) is 0 Å². The van der Waals surface area contributed by atoms with Crippen LogP contribution < -0.4 is 0 Å². The monoisotopic (exact) mass is 238 g/mol. The zero-order valence-corrected chi connectivity index (χ0v) is 12.8. The number of rotatable bonds is 7. The molecule has 0 aliphatic heterocycles. The summed E-state index contributed by atoms with van der Waals surface area (Å²) in [6.45, 7) is 4.47. The lowest BCUT2D eigenvalue weighted by molar-refractivity contribution is 0.402. The minimum atomic E-state index is -0.991. The summed E-state index contributed by atoms with van der Waals surface area (Å²) in [5, 5.41) is 0. The summed E-state index contributed by atoms with van der Waals surface area (Å²) in [5.41, 5.74) is 2.46. The molecule has 0 spiro atoms. The highest BCUT2D eigenvalue weighted by molar-refractivity contribution is 6.78. The van der Waals surface area contributed by atoms with Gasteiger partial charge in [0.25, 0.3) is 0 Å². The Bertz CT molecular complexity index is 114. The van der Waals surface area contributed by atoms with E-state index in [1.54, 1.807) is 0 Å². The van der Waals surface area contributed by atoms with Crippen LogP contribution in [-0.2, 0) is 13.3 Å². The Labute approximate surface area is 86.6 Å². The van der Waals surface area contributed by atoms with Crippen molar-refractivity contribution in [3.63, 3.8) is 0 Å². The van der Waals surface area contributed by atoms with Crippen molar-refractivity contribution in [1.82, 2.24) is 0 Å². The van der Waals surface area contributed by atoms with Crippen molar-refractivity contribution in [3.05, 3.63) is 0 Å². The zero-order chi connectivity index (χ0) is 10.3. The van der Waals surface area contributed by atoms with E-state index in [4.69, 9.17) is 13.3 Å². The third kappa shape index (κ3) is 6.58. The van der Waals surface area contributed by atoms with Crippen LogP contribution in [0.1, 0.15) is 0 Å². The van der Waals surface area contributed by atoms with Gasteiger partial charge in [0.15, 0.2) is 27.1 Å². The topological polar surface area (TPSA) is 27.7 Å². The molecule has 0 aromatic rings. The van der Waals surface area contributed by atoms with Crippen LogP contribution in [-0.4, -0.2) is 48.5 Å². The molecule has 0 aromatic heterocycles. The Morgan fingerprint density at radius 2 is 1.15 bits per heavy atom. The normalized spacial score (nSPS) is 18.2. The average molecular weight is 239 g/mol. The maximum absolute atomic E-state index is 5.54. The molecule has 2 unspecified atom stereocenters. The Balaban J connectivity index is 3.74. The second-order valence-corrected chi connectivity index (χ2v) is 13.1. The van der Waals surface area contributed by atoms with E-state index in [1.807, 2.05) is 21.3 Å². The summed E-state index contributed by atoms with van der Waals surface area (Å²) < 4.78 is 16.3. The Kier molecular flexibility index (Phi) is 8.21. The molecule has 0 saturated heterocycles. The molecule has 0 aromatic carbocycles. The van der Waals surface area contributed by atoms with Crippen LogP contribution in [0.5, 0.6) is 0 Å². The van der Waals surface area contributed by atoms with Gasteiger partial charge >= 0.3 is 0 Å². The fraction of sp³-hybridized carbons (Fsp3) is 1.00. The molecule has 0 heterocycles. The summed E-state index contributed by atoms with van der Waals surface area (Å²) in [4.78, 5) is 0. The highest BCUT2D eigenvalue weighted by Gasteiger charge is 2.19. The van der Waals surface area contributed by atoms with Gasteiger partial charge in [-0.1, -0.05) is 0 Å². The van der Waals surface area contributed by atoms with Gasteiger partial charge in [0.1, 0.15) is 0 Å². The Hall–Kier alpha value is 0.531. The maximum Gasteiger partial charge on any atom is 0.175 e. The van der Waals surface area contributed by atoms with Crippen molar-refractivity contribution in [3.8, 4) is 0 Å². The fourth-order valence-electron chi connectivity index (χ4n) is 1.22. The molecule has 0 saturated carbocycles. The third-order valence-corrected chi connectivity index (χ3v) is 14.1. The van der Waals surface area contributed by atoms with E-state index >= 15 is 0 Å². The molecular formula is C7H22O3Si3. The minimum Gasteiger partial charge on any atom is -0.424 e. The van der Waals surface area contributed by atoms with Gasteiger partial charge in [-0.3, -0.25) is 0 Å². The van der Waals surface area contributed by atoms with E-state index in [9.17, 15) is 0 Å². The minimum absolute atomic E-state index is 0.923. The van der Waals surface area contributed by atoms with E-state index in [-0.39, 0.29) is 0 Å². The Morgan fingerprint density at radius 3 is 1.38 bits per heavy atom. The van der Waals surface area contributed by atoms with Gasteiger partial charge in [-0.25, -0.2) is 0 Å². The van der Waals surface area contributed by atoms with E-state index in [1.165, 1.54) is 11.3 Å². The zero-order valence-electron chi connectivity index (χ0n) is 9.37. The van der Waals surface area contributed by atoms with Gasteiger partial charge in [-0.15, -0.1) is 0 Å². The lowest BCUT2D eigenvalue weighted by atomic mass is 11.8. The molecular weight excluding hydrogens is 216 g/mol. The molecule has 0 radical (unpaired) electrons. The summed E-state index contributed by atoms with van der Waals surface area (Å²) in [7, 11) is 2.63. The van der Waals surface area contributed by atoms with Gasteiger partial charge in [0, 0.05) is 21.3 Å². The van der Waals surface area contributed by atoms with Crippen LogP contribution >= 0.6 is 0 Å². The average Bonchev–Trinajstić information content (AvgIpc) is 2.16. The second kappa shape index (κ2) is 7.89. The fourth-order valence-corrected chi connectivity index (χ4v) is 12.7. The molecule has 0 N–H and O–H groups in total. The van der Waals surface area contributed by atoms with Gasteiger partial charge in [0.2, 0.25) is 0 Å². The predicted octanol–water partition coefficient (Wildman–Crippen LogP) is 0.435.